The predicted molar refractivity (Wildman–Crippen MR) is 116 cm³/mol. The number of nitrogen functional groups attached to an aromatic ring is 1. The summed E-state index contributed by atoms with van der Waals surface area (Å²) in [5.74, 6) is 0.193. The topological polar surface area (TPSA) is 124 Å². The monoisotopic (exact) mass is 420 g/mol. The summed E-state index contributed by atoms with van der Waals surface area (Å²) < 4.78 is 1.96. The van der Waals surface area contributed by atoms with Crippen LogP contribution in [0.1, 0.15) is 29.2 Å². The Morgan fingerprint density at radius 2 is 2.10 bits per heavy atom. The fraction of sp³-hybridized carbons (Fsp3) is 0.250. The molecular formula is C20H20N8OS. The van der Waals surface area contributed by atoms with Crippen LogP contribution in [0.3, 0.4) is 0 Å². The van der Waals surface area contributed by atoms with Crippen LogP contribution in [0.5, 0.6) is 0 Å². The number of fused-ring (bicyclic) bond motifs is 1. The number of rotatable bonds is 4. The molecule has 30 heavy (non-hydrogen) atoms. The van der Waals surface area contributed by atoms with Gasteiger partial charge in [0, 0.05) is 29.2 Å². The highest BCUT2D eigenvalue weighted by atomic mass is 32.1. The van der Waals surface area contributed by atoms with Crippen LogP contribution in [0.25, 0.3) is 22.3 Å². The van der Waals surface area contributed by atoms with E-state index in [9.17, 15) is 4.79 Å². The first-order valence-corrected chi connectivity index (χ1v) is 10.6. The molecule has 1 saturated heterocycles. The van der Waals surface area contributed by atoms with Gasteiger partial charge in [-0.3, -0.25) is 10.1 Å². The van der Waals surface area contributed by atoms with E-state index < -0.39 is 0 Å². The molecule has 4 aromatic rings. The van der Waals surface area contributed by atoms with Crippen LogP contribution in [-0.2, 0) is 0 Å². The van der Waals surface area contributed by atoms with Crippen molar-refractivity contribution in [1.29, 1.82) is 0 Å². The minimum Gasteiger partial charge on any atom is -0.383 e. The fourth-order valence-electron chi connectivity index (χ4n) is 3.73. The van der Waals surface area contributed by atoms with E-state index in [1.807, 2.05) is 22.2 Å². The van der Waals surface area contributed by atoms with Crippen molar-refractivity contribution in [2.45, 2.75) is 18.9 Å². The first kappa shape index (κ1) is 18.6. The highest BCUT2D eigenvalue weighted by molar-refractivity contribution is 7.13. The van der Waals surface area contributed by atoms with E-state index in [2.05, 4.69) is 25.6 Å². The molecule has 3 aromatic heterocycles. The summed E-state index contributed by atoms with van der Waals surface area (Å²) in [5.41, 5.74) is 9.05. The van der Waals surface area contributed by atoms with Crippen molar-refractivity contribution in [1.82, 2.24) is 30.0 Å². The van der Waals surface area contributed by atoms with Crippen molar-refractivity contribution in [3.8, 4) is 11.3 Å². The second-order valence-electron chi connectivity index (χ2n) is 7.12. The molecule has 4 N–H and O–H groups in total. The summed E-state index contributed by atoms with van der Waals surface area (Å²) in [5, 5.41) is 14.2. The number of nitrogens with two attached hydrogens (primary N) is 1. The lowest BCUT2D eigenvalue weighted by molar-refractivity contribution is 0.102. The zero-order chi connectivity index (χ0) is 20.5. The van der Waals surface area contributed by atoms with E-state index in [-0.39, 0.29) is 11.9 Å². The predicted octanol–water partition coefficient (Wildman–Crippen LogP) is 2.71. The molecule has 1 aliphatic rings. The number of hydrogen-bond donors (Lipinski definition) is 3. The molecule has 10 heteroatoms. The second kappa shape index (κ2) is 7.81. The Morgan fingerprint density at radius 3 is 2.83 bits per heavy atom. The number of thiazole rings is 1. The molecule has 4 heterocycles. The zero-order valence-corrected chi connectivity index (χ0v) is 16.9. The third kappa shape index (κ3) is 3.40. The number of piperidine rings is 1. The van der Waals surface area contributed by atoms with E-state index in [1.54, 1.807) is 18.3 Å². The van der Waals surface area contributed by atoms with Crippen molar-refractivity contribution in [3.63, 3.8) is 0 Å². The summed E-state index contributed by atoms with van der Waals surface area (Å²) in [6.45, 7) is 1.86. The van der Waals surface area contributed by atoms with E-state index >= 15 is 0 Å². The Labute approximate surface area is 176 Å². The van der Waals surface area contributed by atoms with Crippen LogP contribution in [0.15, 0.2) is 42.2 Å². The molecule has 1 atom stereocenters. The Morgan fingerprint density at radius 1 is 1.23 bits per heavy atom. The molecule has 1 fully saturated rings. The summed E-state index contributed by atoms with van der Waals surface area (Å²) in [6, 6.07) is 7.49. The van der Waals surface area contributed by atoms with Gasteiger partial charge in [0.05, 0.1) is 11.4 Å². The number of amides is 1. The van der Waals surface area contributed by atoms with Crippen molar-refractivity contribution in [2.75, 3.05) is 24.1 Å². The quantitative estimate of drug-likeness (QED) is 0.464. The van der Waals surface area contributed by atoms with Gasteiger partial charge in [0.15, 0.2) is 10.8 Å². The lowest BCUT2D eigenvalue weighted by Gasteiger charge is -2.23. The molecule has 1 amide bonds. The summed E-state index contributed by atoms with van der Waals surface area (Å²) in [6.07, 6.45) is 5.24. The van der Waals surface area contributed by atoms with Gasteiger partial charge in [0.2, 0.25) is 0 Å². The minimum absolute atomic E-state index is 0.206. The average Bonchev–Trinajstić information content (AvgIpc) is 3.43. The SMILES string of the molecule is Nc1ncnc2c1c(-c1ccc(C(=O)Nc3nccs3)cc1)nn2[C@@H]1CCCNC1. The minimum atomic E-state index is -0.206. The molecule has 1 aromatic carbocycles. The zero-order valence-electron chi connectivity index (χ0n) is 16.1. The van der Waals surface area contributed by atoms with Crippen LogP contribution in [-0.4, -0.2) is 43.7 Å². The highest BCUT2D eigenvalue weighted by Gasteiger charge is 2.23. The van der Waals surface area contributed by atoms with Crippen LogP contribution in [0.4, 0.5) is 10.9 Å². The van der Waals surface area contributed by atoms with Crippen molar-refractivity contribution in [3.05, 3.63) is 47.7 Å². The molecule has 0 spiro atoms. The number of aromatic nitrogens is 5. The van der Waals surface area contributed by atoms with Gasteiger partial charge >= 0.3 is 0 Å². The molecule has 0 radical (unpaired) electrons. The lowest BCUT2D eigenvalue weighted by atomic mass is 10.1. The van der Waals surface area contributed by atoms with Gasteiger partial charge in [-0.1, -0.05) is 12.1 Å². The maximum Gasteiger partial charge on any atom is 0.257 e. The molecule has 5 rings (SSSR count). The van der Waals surface area contributed by atoms with Gasteiger partial charge < -0.3 is 11.1 Å². The van der Waals surface area contributed by atoms with Crippen molar-refractivity contribution >= 4 is 39.2 Å². The standard InChI is InChI=1S/C20H20N8OS/c21-17-15-16(27-28(18(15)25-11-24-17)14-2-1-7-22-10-14)12-3-5-13(6-4-12)19(29)26-20-23-8-9-30-20/h3-6,8-9,11,14,22H,1-2,7,10H2,(H2,21,24,25)(H,23,26,29)/t14-/m1/s1. The maximum absolute atomic E-state index is 12.4. The van der Waals surface area contributed by atoms with Crippen LogP contribution >= 0.6 is 11.3 Å². The maximum atomic E-state index is 12.4. The number of anilines is 2. The molecule has 152 valence electrons. The highest BCUT2D eigenvalue weighted by Crippen LogP contribution is 2.33. The third-order valence-corrected chi connectivity index (χ3v) is 5.90. The summed E-state index contributed by atoms with van der Waals surface area (Å²) >= 11 is 1.38. The van der Waals surface area contributed by atoms with E-state index in [0.717, 1.165) is 48.2 Å². The van der Waals surface area contributed by atoms with E-state index in [1.165, 1.54) is 17.7 Å². The van der Waals surface area contributed by atoms with Gasteiger partial charge in [-0.2, -0.15) is 5.10 Å². The largest absolute Gasteiger partial charge is 0.383 e. The van der Waals surface area contributed by atoms with Gasteiger partial charge in [-0.15, -0.1) is 11.3 Å². The van der Waals surface area contributed by atoms with Crippen LogP contribution in [0, 0.1) is 0 Å². The second-order valence-corrected chi connectivity index (χ2v) is 8.01. The number of benzene rings is 1. The normalized spacial score (nSPS) is 16.6. The van der Waals surface area contributed by atoms with E-state index in [4.69, 9.17) is 10.8 Å². The smallest absolute Gasteiger partial charge is 0.257 e. The third-order valence-electron chi connectivity index (χ3n) is 5.21. The average molecular weight is 421 g/mol. The lowest BCUT2D eigenvalue weighted by Crippen LogP contribution is -2.32. The molecule has 0 unspecified atom stereocenters. The summed E-state index contributed by atoms with van der Waals surface area (Å²) in [4.78, 5) is 25.1. The number of nitrogens with zero attached hydrogens (tertiary/aromatic N) is 5. The first-order valence-electron chi connectivity index (χ1n) is 9.71. The molecule has 1 aliphatic heterocycles. The van der Waals surface area contributed by atoms with Crippen molar-refractivity contribution in [2.24, 2.45) is 0 Å². The van der Waals surface area contributed by atoms with Gasteiger partial charge in [0.1, 0.15) is 17.8 Å². The number of carbonyl (C=O) groups excluding carboxylic acids is 1. The summed E-state index contributed by atoms with van der Waals surface area (Å²) in [7, 11) is 0. The molecular weight excluding hydrogens is 400 g/mol. The van der Waals surface area contributed by atoms with Gasteiger partial charge in [0.25, 0.3) is 5.91 Å². The number of hydrogen-bond acceptors (Lipinski definition) is 8. The van der Waals surface area contributed by atoms with Gasteiger partial charge in [-0.05, 0) is 31.5 Å². The van der Waals surface area contributed by atoms with E-state index in [0.29, 0.717) is 16.5 Å². The Hall–Kier alpha value is -3.37. The van der Waals surface area contributed by atoms with Crippen molar-refractivity contribution < 1.29 is 4.79 Å². The first-order chi connectivity index (χ1) is 14.7. The Kier molecular flexibility index (Phi) is 4.85. The molecule has 0 saturated carbocycles. The molecule has 9 nitrogen and oxygen atoms in total. The molecule has 0 bridgehead atoms. The fourth-order valence-corrected chi connectivity index (χ4v) is 4.25. The van der Waals surface area contributed by atoms with Crippen LogP contribution < -0.4 is 16.4 Å². The molecule has 0 aliphatic carbocycles. The van der Waals surface area contributed by atoms with Crippen LogP contribution in [0.2, 0.25) is 0 Å². The Bertz CT molecular complexity index is 1180. The number of nitrogens with one attached hydrogen (secondary N) is 2. The number of carbonyl (C=O) groups is 1. The Balaban J connectivity index is 1.50. The van der Waals surface area contributed by atoms with Gasteiger partial charge in [-0.25, -0.2) is 19.6 Å².